The minimum Gasteiger partial charge on any atom is -0.507 e. The van der Waals surface area contributed by atoms with Crippen molar-refractivity contribution in [2.45, 2.75) is 12.6 Å². The number of alkyl halides is 3. The zero-order valence-electron chi connectivity index (χ0n) is 10.8. The van der Waals surface area contributed by atoms with Crippen LogP contribution in [0.15, 0.2) is 48.5 Å². The number of amides is 1. The number of benzene rings is 2. The molecule has 0 bridgehead atoms. The number of hydrogen-bond acceptors (Lipinski definition) is 2. The lowest BCUT2D eigenvalue weighted by Crippen LogP contribution is -2.14. The molecule has 2 N–H and O–H groups in total. The van der Waals surface area contributed by atoms with Crippen LogP contribution in [0.3, 0.4) is 0 Å². The van der Waals surface area contributed by atoms with E-state index in [1.165, 1.54) is 36.4 Å². The van der Waals surface area contributed by atoms with Crippen LogP contribution in [-0.4, -0.2) is 17.2 Å². The summed E-state index contributed by atoms with van der Waals surface area (Å²) in [5.74, 6) is -0.779. The average Bonchev–Trinajstić information content (AvgIpc) is 2.37. The van der Waals surface area contributed by atoms with Crippen molar-refractivity contribution in [2.75, 3.05) is 5.32 Å². The zero-order chi connectivity index (χ0) is 15.5. The van der Waals surface area contributed by atoms with Gasteiger partial charge in [-0.1, -0.05) is 24.3 Å². The highest BCUT2D eigenvalue weighted by Gasteiger charge is 2.27. The molecule has 0 atom stereocenters. The monoisotopic (exact) mass is 295 g/mol. The van der Waals surface area contributed by atoms with Crippen LogP contribution in [-0.2, 0) is 6.42 Å². The van der Waals surface area contributed by atoms with E-state index in [0.717, 1.165) is 0 Å². The van der Waals surface area contributed by atoms with Gasteiger partial charge in [-0.2, -0.15) is 13.2 Å². The Morgan fingerprint density at radius 2 is 1.81 bits per heavy atom. The van der Waals surface area contributed by atoms with Crippen molar-refractivity contribution >= 4 is 11.6 Å². The molecule has 0 aromatic heterocycles. The second kappa shape index (κ2) is 5.87. The largest absolute Gasteiger partial charge is 0.507 e. The number of aromatic hydroxyl groups is 1. The summed E-state index contributed by atoms with van der Waals surface area (Å²) in [6, 6.07) is 11.4. The summed E-state index contributed by atoms with van der Waals surface area (Å²) in [5.41, 5.74) is 0.348. The Balaban J connectivity index is 2.15. The molecule has 21 heavy (non-hydrogen) atoms. The first kappa shape index (κ1) is 14.9. The lowest BCUT2D eigenvalue weighted by atomic mass is 10.1. The summed E-state index contributed by atoms with van der Waals surface area (Å²) in [6.07, 6.45) is -5.37. The van der Waals surface area contributed by atoms with E-state index in [4.69, 9.17) is 0 Å². The number of hydrogen-bond donors (Lipinski definition) is 2. The second-order valence-corrected chi connectivity index (χ2v) is 4.46. The van der Waals surface area contributed by atoms with Crippen LogP contribution in [0, 0.1) is 0 Å². The second-order valence-electron chi connectivity index (χ2n) is 4.46. The fourth-order valence-electron chi connectivity index (χ4n) is 1.85. The van der Waals surface area contributed by atoms with Gasteiger partial charge < -0.3 is 10.4 Å². The number of para-hydroxylation sites is 1. The molecule has 2 rings (SSSR count). The molecule has 0 saturated heterocycles. The molecule has 0 unspecified atom stereocenters. The lowest BCUT2D eigenvalue weighted by Gasteiger charge is -2.10. The van der Waals surface area contributed by atoms with Gasteiger partial charge in [0.15, 0.2) is 0 Å². The minimum atomic E-state index is -4.31. The molecule has 2 aromatic rings. The third kappa shape index (κ3) is 4.24. The summed E-state index contributed by atoms with van der Waals surface area (Å²) in [7, 11) is 0. The van der Waals surface area contributed by atoms with Gasteiger partial charge in [-0.25, -0.2) is 0 Å². The van der Waals surface area contributed by atoms with Crippen LogP contribution in [0.5, 0.6) is 5.75 Å². The smallest absolute Gasteiger partial charge is 0.393 e. The van der Waals surface area contributed by atoms with Crippen molar-refractivity contribution in [3.63, 3.8) is 0 Å². The van der Waals surface area contributed by atoms with Gasteiger partial charge in [0.1, 0.15) is 5.75 Å². The molecule has 0 aliphatic heterocycles. The Bertz CT molecular complexity index is 653. The Morgan fingerprint density at radius 1 is 1.10 bits per heavy atom. The van der Waals surface area contributed by atoms with E-state index in [-0.39, 0.29) is 22.6 Å². The number of carbonyl (C=O) groups is 1. The zero-order valence-corrected chi connectivity index (χ0v) is 10.8. The fourth-order valence-corrected chi connectivity index (χ4v) is 1.85. The summed E-state index contributed by atoms with van der Waals surface area (Å²) in [4.78, 5) is 11.9. The van der Waals surface area contributed by atoms with Crippen LogP contribution < -0.4 is 5.32 Å². The van der Waals surface area contributed by atoms with Gasteiger partial charge in [-0.05, 0) is 29.8 Å². The molecule has 0 saturated carbocycles. The first-order chi connectivity index (χ1) is 9.85. The Labute approximate surface area is 119 Å². The van der Waals surface area contributed by atoms with E-state index in [1.807, 2.05) is 0 Å². The number of phenols is 1. The van der Waals surface area contributed by atoms with Gasteiger partial charge in [0.25, 0.3) is 5.91 Å². The maximum Gasteiger partial charge on any atom is 0.393 e. The topological polar surface area (TPSA) is 49.3 Å². The highest BCUT2D eigenvalue weighted by atomic mass is 19.4. The normalized spacial score (nSPS) is 11.2. The molecule has 0 radical (unpaired) electrons. The number of carbonyl (C=O) groups excluding carboxylic acids is 1. The molecule has 0 fully saturated rings. The first-order valence-corrected chi connectivity index (χ1v) is 6.10. The number of phenolic OH excluding ortho intramolecular Hbond substituents is 1. The quantitative estimate of drug-likeness (QED) is 0.906. The van der Waals surface area contributed by atoms with Gasteiger partial charge in [0.2, 0.25) is 0 Å². The van der Waals surface area contributed by atoms with Crippen molar-refractivity contribution in [3.8, 4) is 5.75 Å². The molecule has 3 nitrogen and oxygen atoms in total. The molecule has 110 valence electrons. The summed E-state index contributed by atoms with van der Waals surface area (Å²) >= 11 is 0. The maximum absolute atomic E-state index is 12.3. The third-order valence-corrected chi connectivity index (χ3v) is 2.74. The highest BCUT2D eigenvalue weighted by molar-refractivity contribution is 6.06. The maximum atomic E-state index is 12.3. The predicted molar refractivity (Wildman–Crippen MR) is 72.3 cm³/mol. The summed E-state index contributed by atoms with van der Waals surface area (Å²) < 4.78 is 37.0. The number of nitrogens with one attached hydrogen (secondary N) is 1. The van der Waals surface area contributed by atoms with Crippen molar-refractivity contribution in [2.24, 2.45) is 0 Å². The van der Waals surface area contributed by atoms with Gasteiger partial charge in [-0.3, -0.25) is 4.79 Å². The van der Waals surface area contributed by atoms with Crippen molar-refractivity contribution in [1.82, 2.24) is 0 Å². The van der Waals surface area contributed by atoms with E-state index < -0.39 is 18.5 Å². The average molecular weight is 295 g/mol. The molecule has 2 aromatic carbocycles. The molecule has 0 spiro atoms. The fraction of sp³-hybridized carbons (Fsp3) is 0.133. The van der Waals surface area contributed by atoms with Gasteiger partial charge in [-0.15, -0.1) is 0 Å². The van der Waals surface area contributed by atoms with E-state index in [1.54, 1.807) is 12.1 Å². The molecule has 1 amide bonds. The van der Waals surface area contributed by atoms with E-state index in [0.29, 0.717) is 0 Å². The minimum absolute atomic E-state index is 0.0533. The Kier molecular flexibility index (Phi) is 4.16. The third-order valence-electron chi connectivity index (χ3n) is 2.74. The number of rotatable bonds is 3. The van der Waals surface area contributed by atoms with E-state index >= 15 is 0 Å². The van der Waals surface area contributed by atoms with Crippen LogP contribution >= 0.6 is 0 Å². The molecule has 0 aliphatic carbocycles. The number of halogens is 3. The van der Waals surface area contributed by atoms with Gasteiger partial charge >= 0.3 is 6.18 Å². The lowest BCUT2D eigenvalue weighted by molar-refractivity contribution is -0.127. The summed E-state index contributed by atoms with van der Waals surface area (Å²) in [5, 5.41) is 12.0. The molecule has 0 heterocycles. The standard InChI is InChI=1S/C15H12F3NO2/c16-15(17,18)9-10-4-3-5-11(8-10)19-14(21)12-6-1-2-7-13(12)20/h1-8,20H,9H2,(H,19,21). The van der Waals surface area contributed by atoms with Crippen LogP contribution in [0.1, 0.15) is 15.9 Å². The molecular weight excluding hydrogens is 283 g/mol. The highest BCUT2D eigenvalue weighted by Crippen LogP contribution is 2.23. The van der Waals surface area contributed by atoms with Crippen molar-refractivity contribution < 1.29 is 23.1 Å². The first-order valence-electron chi connectivity index (χ1n) is 6.10. The van der Waals surface area contributed by atoms with Gasteiger partial charge in [0, 0.05) is 5.69 Å². The number of anilines is 1. The molecule has 0 aliphatic rings. The van der Waals surface area contributed by atoms with E-state index in [9.17, 15) is 23.1 Å². The van der Waals surface area contributed by atoms with Crippen LogP contribution in [0.25, 0.3) is 0 Å². The SMILES string of the molecule is O=C(Nc1cccc(CC(F)(F)F)c1)c1ccccc1O. The molecular formula is C15H12F3NO2. The Morgan fingerprint density at radius 3 is 2.48 bits per heavy atom. The van der Waals surface area contributed by atoms with E-state index in [2.05, 4.69) is 5.32 Å². The van der Waals surface area contributed by atoms with Crippen molar-refractivity contribution in [1.29, 1.82) is 0 Å². The Hall–Kier alpha value is -2.50. The van der Waals surface area contributed by atoms with Crippen LogP contribution in [0.2, 0.25) is 0 Å². The summed E-state index contributed by atoms with van der Waals surface area (Å²) in [6.45, 7) is 0. The predicted octanol–water partition coefficient (Wildman–Crippen LogP) is 3.75. The van der Waals surface area contributed by atoms with Crippen LogP contribution in [0.4, 0.5) is 18.9 Å². The van der Waals surface area contributed by atoms with Gasteiger partial charge in [0.05, 0.1) is 12.0 Å². The van der Waals surface area contributed by atoms with Crippen molar-refractivity contribution in [3.05, 3.63) is 59.7 Å². The molecule has 6 heteroatoms.